The number of hydrogen-bond acceptors (Lipinski definition) is 3. The first-order chi connectivity index (χ1) is 8.44. The summed E-state index contributed by atoms with van der Waals surface area (Å²) >= 11 is 0. The van der Waals surface area contributed by atoms with E-state index in [0.717, 1.165) is 0 Å². The van der Waals surface area contributed by atoms with Crippen LogP contribution >= 0.6 is 0 Å². The standard InChI is InChI=1S/C12H20FN3O2/c1-8-2-3-9(10(14)17)6-16(8)11(18)12(13)4-5-15-7-12/h8-9,15H,2-7H2,1H3,(H2,14,17)/t8-,9+,12+/m1/s1. The molecule has 0 aromatic carbocycles. The molecule has 5 nitrogen and oxygen atoms in total. The number of alkyl halides is 1. The first kappa shape index (κ1) is 13.3. The molecule has 2 aliphatic rings. The monoisotopic (exact) mass is 257 g/mol. The van der Waals surface area contributed by atoms with E-state index in [4.69, 9.17) is 5.73 Å². The smallest absolute Gasteiger partial charge is 0.261 e. The number of primary amides is 1. The SMILES string of the molecule is C[C@@H]1CC[C@H](C(N)=O)CN1C(=O)[C@]1(F)CCNC1. The van der Waals surface area contributed by atoms with Gasteiger partial charge in [-0.2, -0.15) is 0 Å². The highest BCUT2D eigenvalue weighted by Gasteiger charge is 2.46. The predicted molar refractivity (Wildman–Crippen MR) is 64.4 cm³/mol. The fourth-order valence-electron chi connectivity index (χ4n) is 2.72. The van der Waals surface area contributed by atoms with Crippen LogP contribution in [-0.4, -0.2) is 48.1 Å². The van der Waals surface area contributed by atoms with Crippen LogP contribution in [0.1, 0.15) is 26.2 Å². The molecule has 0 spiro atoms. The fourth-order valence-corrected chi connectivity index (χ4v) is 2.72. The summed E-state index contributed by atoms with van der Waals surface area (Å²) in [6, 6.07) is -0.0266. The van der Waals surface area contributed by atoms with Gasteiger partial charge in [0.05, 0.1) is 5.92 Å². The molecule has 0 radical (unpaired) electrons. The molecule has 2 saturated heterocycles. The van der Waals surface area contributed by atoms with E-state index in [1.807, 2.05) is 6.92 Å². The van der Waals surface area contributed by atoms with Gasteiger partial charge in [-0.15, -0.1) is 0 Å². The summed E-state index contributed by atoms with van der Waals surface area (Å²) in [6.45, 7) is 2.72. The van der Waals surface area contributed by atoms with Gasteiger partial charge in [0.15, 0.2) is 0 Å². The number of amides is 2. The molecular weight excluding hydrogens is 237 g/mol. The predicted octanol–water partition coefficient (Wildman–Crippen LogP) is -0.200. The molecule has 6 heteroatoms. The Balaban J connectivity index is 2.10. The van der Waals surface area contributed by atoms with E-state index in [0.29, 0.717) is 19.4 Å². The molecule has 2 aliphatic heterocycles. The minimum Gasteiger partial charge on any atom is -0.369 e. The third kappa shape index (κ3) is 2.34. The molecule has 0 unspecified atom stereocenters. The van der Waals surface area contributed by atoms with Crippen molar-refractivity contribution in [2.45, 2.75) is 37.9 Å². The zero-order valence-electron chi connectivity index (χ0n) is 10.6. The van der Waals surface area contributed by atoms with Crippen molar-refractivity contribution in [2.75, 3.05) is 19.6 Å². The van der Waals surface area contributed by atoms with Gasteiger partial charge in [0.25, 0.3) is 5.91 Å². The lowest BCUT2D eigenvalue weighted by molar-refractivity contribution is -0.148. The van der Waals surface area contributed by atoms with E-state index in [1.165, 1.54) is 4.90 Å². The molecule has 0 aromatic heterocycles. The minimum absolute atomic E-state index is 0.0266. The van der Waals surface area contributed by atoms with Gasteiger partial charge in [-0.25, -0.2) is 4.39 Å². The lowest BCUT2D eigenvalue weighted by Crippen LogP contribution is -2.55. The molecule has 0 aromatic rings. The number of hydrogen-bond donors (Lipinski definition) is 2. The number of halogens is 1. The lowest BCUT2D eigenvalue weighted by Gasteiger charge is -2.39. The summed E-state index contributed by atoms with van der Waals surface area (Å²) in [6.07, 6.45) is 1.58. The van der Waals surface area contributed by atoms with Crippen LogP contribution in [0.25, 0.3) is 0 Å². The molecular formula is C12H20FN3O2. The van der Waals surface area contributed by atoms with Crippen molar-refractivity contribution >= 4 is 11.8 Å². The molecule has 3 N–H and O–H groups in total. The average molecular weight is 257 g/mol. The van der Waals surface area contributed by atoms with Crippen LogP contribution < -0.4 is 11.1 Å². The van der Waals surface area contributed by atoms with Crippen molar-refractivity contribution in [2.24, 2.45) is 11.7 Å². The Morgan fingerprint density at radius 1 is 1.44 bits per heavy atom. The maximum absolute atomic E-state index is 14.4. The summed E-state index contributed by atoms with van der Waals surface area (Å²) in [5, 5.41) is 2.87. The van der Waals surface area contributed by atoms with E-state index in [9.17, 15) is 14.0 Å². The lowest BCUT2D eigenvalue weighted by atomic mass is 9.91. The summed E-state index contributed by atoms with van der Waals surface area (Å²) in [5.74, 6) is -1.24. The summed E-state index contributed by atoms with van der Waals surface area (Å²) in [4.78, 5) is 25.0. The van der Waals surface area contributed by atoms with Gasteiger partial charge in [0.1, 0.15) is 0 Å². The van der Waals surface area contributed by atoms with Gasteiger partial charge in [0, 0.05) is 25.6 Å². The van der Waals surface area contributed by atoms with Crippen molar-refractivity contribution in [3.63, 3.8) is 0 Å². The largest absolute Gasteiger partial charge is 0.369 e. The second-order valence-corrected chi connectivity index (χ2v) is 5.38. The number of nitrogens with two attached hydrogens (primary N) is 1. The number of nitrogens with zero attached hydrogens (tertiary/aromatic N) is 1. The Bertz CT molecular complexity index is 355. The minimum atomic E-state index is -1.81. The van der Waals surface area contributed by atoms with Crippen LogP contribution in [0.3, 0.4) is 0 Å². The van der Waals surface area contributed by atoms with E-state index in [2.05, 4.69) is 5.32 Å². The Labute approximate surface area is 106 Å². The molecule has 2 fully saturated rings. The normalized spacial score (nSPS) is 36.7. The van der Waals surface area contributed by atoms with E-state index < -0.39 is 17.5 Å². The van der Waals surface area contributed by atoms with Crippen LogP contribution in [-0.2, 0) is 9.59 Å². The Hall–Kier alpha value is -1.17. The van der Waals surface area contributed by atoms with Crippen molar-refractivity contribution < 1.29 is 14.0 Å². The Morgan fingerprint density at radius 3 is 2.72 bits per heavy atom. The molecule has 2 heterocycles. The molecule has 2 amide bonds. The van der Waals surface area contributed by atoms with Gasteiger partial charge in [-0.3, -0.25) is 9.59 Å². The topological polar surface area (TPSA) is 75.4 Å². The van der Waals surface area contributed by atoms with Gasteiger partial charge < -0.3 is 16.0 Å². The van der Waals surface area contributed by atoms with Crippen LogP contribution in [0.2, 0.25) is 0 Å². The van der Waals surface area contributed by atoms with Gasteiger partial charge in [-0.05, 0) is 26.3 Å². The molecule has 3 atom stereocenters. The summed E-state index contributed by atoms with van der Waals surface area (Å²) < 4.78 is 14.4. The molecule has 102 valence electrons. The number of piperidine rings is 1. The Kier molecular flexibility index (Phi) is 3.56. The highest BCUT2D eigenvalue weighted by Crippen LogP contribution is 2.28. The van der Waals surface area contributed by atoms with Gasteiger partial charge in [-0.1, -0.05) is 0 Å². The van der Waals surface area contributed by atoms with Crippen LogP contribution in [0.5, 0.6) is 0 Å². The van der Waals surface area contributed by atoms with Crippen molar-refractivity contribution in [1.82, 2.24) is 10.2 Å². The van der Waals surface area contributed by atoms with Crippen molar-refractivity contribution in [3.8, 4) is 0 Å². The van der Waals surface area contributed by atoms with E-state index in [-0.39, 0.29) is 31.5 Å². The average Bonchev–Trinajstić information content (AvgIpc) is 2.77. The molecule has 0 saturated carbocycles. The van der Waals surface area contributed by atoms with Crippen LogP contribution in [0.4, 0.5) is 4.39 Å². The molecule has 18 heavy (non-hydrogen) atoms. The third-order valence-corrected chi connectivity index (χ3v) is 4.03. The molecule has 0 bridgehead atoms. The maximum atomic E-state index is 14.4. The molecule has 2 rings (SSSR count). The maximum Gasteiger partial charge on any atom is 0.261 e. The number of likely N-dealkylation sites (tertiary alicyclic amines) is 1. The molecule has 0 aliphatic carbocycles. The fraction of sp³-hybridized carbons (Fsp3) is 0.833. The highest BCUT2D eigenvalue weighted by molar-refractivity contribution is 5.87. The number of rotatable bonds is 2. The highest BCUT2D eigenvalue weighted by atomic mass is 19.1. The van der Waals surface area contributed by atoms with Gasteiger partial charge >= 0.3 is 0 Å². The summed E-state index contributed by atoms with van der Waals surface area (Å²) in [7, 11) is 0. The summed E-state index contributed by atoms with van der Waals surface area (Å²) in [5.41, 5.74) is 3.47. The first-order valence-corrected chi connectivity index (χ1v) is 6.44. The van der Waals surface area contributed by atoms with Crippen LogP contribution in [0.15, 0.2) is 0 Å². The van der Waals surface area contributed by atoms with E-state index in [1.54, 1.807) is 0 Å². The number of carbonyl (C=O) groups excluding carboxylic acids is 2. The van der Waals surface area contributed by atoms with Crippen molar-refractivity contribution in [1.29, 1.82) is 0 Å². The third-order valence-electron chi connectivity index (χ3n) is 4.03. The second-order valence-electron chi connectivity index (χ2n) is 5.38. The van der Waals surface area contributed by atoms with Gasteiger partial charge in [0.2, 0.25) is 11.6 Å². The van der Waals surface area contributed by atoms with Crippen LogP contribution in [0, 0.1) is 5.92 Å². The zero-order valence-corrected chi connectivity index (χ0v) is 10.6. The Morgan fingerprint density at radius 2 is 2.17 bits per heavy atom. The second kappa shape index (κ2) is 4.84. The number of carbonyl (C=O) groups is 2. The zero-order chi connectivity index (χ0) is 13.3. The first-order valence-electron chi connectivity index (χ1n) is 6.44. The van der Waals surface area contributed by atoms with Crippen molar-refractivity contribution in [3.05, 3.63) is 0 Å². The quantitative estimate of drug-likeness (QED) is 0.719. The number of nitrogens with one attached hydrogen (secondary N) is 1. The van der Waals surface area contributed by atoms with E-state index >= 15 is 0 Å².